The minimum absolute atomic E-state index is 0.181. The van der Waals surface area contributed by atoms with Gasteiger partial charge in [-0.05, 0) is 22.5 Å². The Morgan fingerprint density at radius 3 is 1.77 bits per heavy atom. The third-order valence-corrected chi connectivity index (χ3v) is 5.96. The second-order valence-electron chi connectivity index (χ2n) is 2.59. The summed E-state index contributed by atoms with van der Waals surface area (Å²) < 4.78 is 15.7. The average Bonchev–Trinajstić information content (AvgIpc) is 2.06. The molecule has 0 atom stereocenters. The molecule has 0 saturated carbocycles. The highest BCUT2D eigenvalue weighted by Crippen LogP contribution is 2.58. The molecule has 0 aromatic rings. The Bertz CT molecular complexity index is 186. The molecular formula is C5H8Br3Cl2O2P. The first kappa shape index (κ1) is 15.2. The van der Waals surface area contributed by atoms with E-state index in [0.717, 1.165) is 0 Å². The van der Waals surface area contributed by atoms with Crippen molar-refractivity contribution in [1.29, 1.82) is 0 Å². The van der Waals surface area contributed by atoms with E-state index in [9.17, 15) is 4.57 Å². The molecule has 0 bridgehead atoms. The summed E-state index contributed by atoms with van der Waals surface area (Å²) in [6.07, 6.45) is -3.42. The van der Waals surface area contributed by atoms with Crippen LogP contribution in [0.3, 0.4) is 0 Å². The topological polar surface area (TPSA) is 26.3 Å². The standard InChI is InChI=1S/C5H8Br3Cl2O2P/c6-1-5(2-7,3-8)4-12-13(9,10)11/h1-4H2. The van der Waals surface area contributed by atoms with Gasteiger partial charge in [0.1, 0.15) is 0 Å². The molecule has 2 nitrogen and oxygen atoms in total. The molecule has 0 unspecified atom stereocenters. The summed E-state index contributed by atoms with van der Waals surface area (Å²) in [5.41, 5.74) is -0.181. The second-order valence-corrected chi connectivity index (χ2v) is 8.55. The van der Waals surface area contributed by atoms with E-state index in [0.29, 0.717) is 16.0 Å². The van der Waals surface area contributed by atoms with Crippen molar-refractivity contribution in [1.82, 2.24) is 0 Å². The molecule has 80 valence electrons. The van der Waals surface area contributed by atoms with Gasteiger partial charge in [0.15, 0.2) is 0 Å². The van der Waals surface area contributed by atoms with Crippen LogP contribution in [0.2, 0.25) is 0 Å². The van der Waals surface area contributed by atoms with Crippen LogP contribution in [0.4, 0.5) is 0 Å². The van der Waals surface area contributed by atoms with Crippen molar-refractivity contribution < 1.29 is 9.09 Å². The summed E-state index contributed by atoms with van der Waals surface area (Å²) in [6, 6.07) is 0. The molecular weight excluding hydrogens is 434 g/mol. The largest absolute Gasteiger partial charge is 0.380 e. The molecule has 8 heteroatoms. The van der Waals surface area contributed by atoms with Crippen molar-refractivity contribution in [2.24, 2.45) is 5.41 Å². The van der Waals surface area contributed by atoms with Crippen LogP contribution >= 0.6 is 76.3 Å². The van der Waals surface area contributed by atoms with Crippen LogP contribution in [0.25, 0.3) is 0 Å². The van der Waals surface area contributed by atoms with Crippen molar-refractivity contribution in [3.8, 4) is 0 Å². The first-order valence-electron chi connectivity index (χ1n) is 3.21. The quantitative estimate of drug-likeness (QED) is 0.439. The molecule has 0 radical (unpaired) electrons. The van der Waals surface area contributed by atoms with Gasteiger partial charge in [0.05, 0.1) is 6.61 Å². The fraction of sp³-hybridized carbons (Fsp3) is 1.00. The smallest absolute Gasteiger partial charge is 0.306 e. The zero-order valence-corrected chi connectivity index (χ0v) is 13.6. The fourth-order valence-electron chi connectivity index (χ4n) is 0.435. The third kappa shape index (κ3) is 6.39. The Morgan fingerprint density at radius 2 is 1.54 bits per heavy atom. The lowest BCUT2D eigenvalue weighted by Gasteiger charge is -2.27. The molecule has 0 aliphatic heterocycles. The average molecular weight is 442 g/mol. The Kier molecular flexibility index (Phi) is 7.86. The van der Waals surface area contributed by atoms with E-state index in [1.165, 1.54) is 0 Å². The zero-order valence-electron chi connectivity index (χ0n) is 6.48. The number of hydrogen-bond acceptors (Lipinski definition) is 2. The summed E-state index contributed by atoms with van der Waals surface area (Å²) in [5, 5.41) is 2.10. The van der Waals surface area contributed by atoms with Gasteiger partial charge in [0, 0.05) is 21.4 Å². The maximum absolute atomic E-state index is 10.9. The molecule has 0 aromatic heterocycles. The van der Waals surface area contributed by atoms with Gasteiger partial charge in [-0.3, -0.25) is 4.57 Å². The van der Waals surface area contributed by atoms with E-state index in [1.807, 2.05) is 0 Å². The minimum atomic E-state index is -3.42. The van der Waals surface area contributed by atoms with Gasteiger partial charge >= 0.3 is 6.07 Å². The summed E-state index contributed by atoms with van der Waals surface area (Å²) >= 11 is 20.6. The SMILES string of the molecule is O=P(Cl)(Cl)OCC(CBr)(CBr)CBr. The highest BCUT2D eigenvalue weighted by molar-refractivity contribution is 9.10. The summed E-state index contributed by atoms with van der Waals surface area (Å²) in [5.74, 6) is 0. The van der Waals surface area contributed by atoms with Crippen LogP contribution in [0.1, 0.15) is 0 Å². The molecule has 0 fully saturated rings. The first-order valence-corrected chi connectivity index (χ1v) is 10.0. The van der Waals surface area contributed by atoms with Crippen LogP contribution in [-0.4, -0.2) is 22.6 Å². The highest BCUT2D eigenvalue weighted by atomic mass is 79.9. The zero-order chi connectivity index (χ0) is 10.5. The van der Waals surface area contributed by atoms with Gasteiger partial charge < -0.3 is 4.52 Å². The number of halogens is 5. The Balaban J connectivity index is 4.19. The predicted molar refractivity (Wildman–Crippen MR) is 69.1 cm³/mol. The number of hydrogen-bond donors (Lipinski definition) is 0. The molecule has 0 spiro atoms. The normalized spacial score (nSPS) is 13.3. The van der Waals surface area contributed by atoms with Crippen molar-refractivity contribution >= 4 is 76.3 Å². The van der Waals surface area contributed by atoms with Crippen LogP contribution in [0.15, 0.2) is 0 Å². The maximum atomic E-state index is 10.9. The number of rotatable bonds is 6. The molecule has 0 aliphatic carbocycles. The van der Waals surface area contributed by atoms with Gasteiger partial charge in [-0.1, -0.05) is 47.8 Å². The molecule has 0 N–H and O–H groups in total. The van der Waals surface area contributed by atoms with Crippen LogP contribution < -0.4 is 0 Å². The molecule has 0 saturated heterocycles. The monoisotopic (exact) mass is 438 g/mol. The van der Waals surface area contributed by atoms with E-state index in [1.54, 1.807) is 0 Å². The van der Waals surface area contributed by atoms with E-state index in [4.69, 9.17) is 27.0 Å². The van der Waals surface area contributed by atoms with E-state index in [2.05, 4.69) is 47.8 Å². The number of alkyl halides is 3. The fourth-order valence-corrected chi connectivity index (χ4v) is 4.42. The Hall–Kier alpha value is 2.21. The molecule has 0 aliphatic rings. The van der Waals surface area contributed by atoms with Crippen molar-refractivity contribution in [3.63, 3.8) is 0 Å². The molecule has 0 amide bonds. The lowest BCUT2D eigenvalue weighted by molar-refractivity contribution is 0.226. The molecule has 0 rings (SSSR count). The second kappa shape index (κ2) is 6.72. The van der Waals surface area contributed by atoms with Crippen molar-refractivity contribution in [2.75, 3.05) is 22.6 Å². The molecule has 13 heavy (non-hydrogen) atoms. The Labute approximate surface area is 112 Å². The maximum Gasteiger partial charge on any atom is 0.380 e. The van der Waals surface area contributed by atoms with E-state index < -0.39 is 6.07 Å². The van der Waals surface area contributed by atoms with Crippen molar-refractivity contribution in [2.45, 2.75) is 0 Å². The highest BCUT2D eigenvalue weighted by Gasteiger charge is 2.30. The Morgan fingerprint density at radius 1 is 1.15 bits per heavy atom. The first-order chi connectivity index (χ1) is 5.89. The van der Waals surface area contributed by atoms with Crippen LogP contribution in [0.5, 0.6) is 0 Å². The van der Waals surface area contributed by atoms with E-state index >= 15 is 0 Å². The summed E-state index contributed by atoms with van der Waals surface area (Å²) in [4.78, 5) is 0. The van der Waals surface area contributed by atoms with Crippen LogP contribution in [-0.2, 0) is 9.09 Å². The van der Waals surface area contributed by atoms with Gasteiger partial charge in [0.25, 0.3) is 0 Å². The lowest BCUT2D eigenvalue weighted by Crippen LogP contribution is -2.31. The van der Waals surface area contributed by atoms with Gasteiger partial charge in [-0.2, -0.15) is 0 Å². The minimum Gasteiger partial charge on any atom is -0.306 e. The third-order valence-electron chi connectivity index (χ3n) is 1.37. The summed E-state index contributed by atoms with van der Waals surface area (Å²) in [7, 11) is 0. The predicted octanol–water partition coefficient (Wildman–Crippen LogP) is 4.76. The molecule has 0 aromatic carbocycles. The summed E-state index contributed by atoms with van der Waals surface area (Å²) in [6.45, 7) is 0.235. The van der Waals surface area contributed by atoms with E-state index in [-0.39, 0.29) is 12.0 Å². The van der Waals surface area contributed by atoms with Gasteiger partial charge in [-0.25, -0.2) is 0 Å². The van der Waals surface area contributed by atoms with Gasteiger partial charge in [-0.15, -0.1) is 0 Å². The lowest BCUT2D eigenvalue weighted by atomic mass is 9.98. The molecule has 0 heterocycles. The van der Waals surface area contributed by atoms with Crippen LogP contribution in [0, 0.1) is 5.41 Å². The van der Waals surface area contributed by atoms with Crippen molar-refractivity contribution in [3.05, 3.63) is 0 Å². The van der Waals surface area contributed by atoms with Gasteiger partial charge in [0.2, 0.25) is 0 Å².